The summed E-state index contributed by atoms with van der Waals surface area (Å²) in [6.45, 7) is 7.81. The van der Waals surface area contributed by atoms with Crippen LogP contribution in [-0.4, -0.2) is 10.2 Å². The Morgan fingerprint density at radius 3 is 1.75 bits per heavy atom. The molecule has 0 radical (unpaired) electrons. The van der Waals surface area contributed by atoms with Crippen LogP contribution in [0.5, 0.6) is 11.5 Å². The van der Waals surface area contributed by atoms with Crippen LogP contribution >= 0.6 is 31.9 Å². The van der Waals surface area contributed by atoms with Crippen molar-refractivity contribution in [3.63, 3.8) is 0 Å². The topological polar surface area (TPSA) is 40.5 Å². The summed E-state index contributed by atoms with van der Waals surface area (Å²) in [5, 5.41) is 20.7. The van der Waals surface area contributed by atoms with Crippen molar-refractivity contribution in [3.8, 4) is 22.6 Å². The molecule has 0 aliphatic rings. The molecule has 0 saturated carbocycles. The normalized spacial score (nSPS) is 10.9. The van der Waals surface area contributed by atoms with Crippen LogP contribution in [0.4, 0.5) is 0 Å². The summed E-state index contributed by atoms with van der Waals surface area (Å²) >= 11 is 6.75. The number of rotatable bonds is 1. The highest BCUT2D eigenvalue weighted by atomic mass is 79.9. The summed E-state index contributed by atoms with van der Waals surface area (Å²) in [6, 6.07) is 4.14. The molecule has 2 N–H and O–H groups in total. The third kappa shape index (κ3) is 2.35. The van der Waals surface area contributed by atoms with E-state index < -0.39 is 0 Å². The predicted molar refractivity (Wildman–Crippen MR) is 89.6 cm³/mol. The molecule has 0 atom stereocenters. The van der Waals surface area contributed by atoms with E-state index in [-0.39, 0.29) is 11.5 Å². The first-order valence-corrected chi connectivity index (χ1v) is 7.82. The lowest BCUT2D eigenvalue weighted by Crippen LogP contribution is -1.94. The molecule has 2 nitrogen and oxygen atoms in total. The molecule has 0 bridgehead atoms. The third-order valence-electron chi connectivity index (χ3n) is 3.48. The molecule has 0 amide bonds. The van der Waals surface area contributed by atoms with Gasteiger partial charge in [-0.1, -0.05) is 17.7 Å². The van der Waals surface area contributed by atoms with Gasteiger partial charge in [-0.3, -0.25) is 0 Å². The van der Waals surface area contributed by atoms with E-state index in [4.69, 9.17) is 0 Å². The molecule has 0 aromatic heterocycles. The maximum absolute atomic E-state index is 10.5. The van der Waals surface area contributed by atoms with Gasteiger partial charge in [0.15, 0.2) is 0 Å². The zero-order valence-corrected chi connectivity index (χ0v) is 15.0. The van der Waals surface area contributed by atoms with Crippen molar-refractivity contribution >= 4 is 31.9 Å². The fourth-order valence-corrected chi connectivity index (χ4v) is 3.65. The number of aryl methyl sites for hydroxylation is 3. The fraction of sp³-hybridized carbons (Fsp3) is 0.250. The van der Waals surface area contributed by atoms with E-state index in [0.717, 1.165) is 16.7 Å². The maximum atomic E-state index is 10.5. The van der Waals surface area contributed by atoms with Gasteiger partial charge in [-0.2, -0.15) is 0 Å². The van der Waals surface area contributed by atoms with Gasteiger partial charge < -0.3 is 10.2 Å². The highest BCUT2D eigenvalue weighted by Crippen LogP contribution is 2.49. The molecule has 0 spiro atoms. The van der Waals surface area contributed by atoms with Crippen molar-refractivity contribution in [1.82, 2.24) is 0 Å². The quantitative estimate of drug-likeness (QED) is 0.619. The second kappa shape index (κ2) is 5.41. The molecule has 2 aromatic rings. The number of hydrogen-bond acceptors (Lipinski definition) is 2. The average Bonchev–Trinajstić information content (AvgIpc) is 2.37. The monoisotopic (exact) mass is 398 g/mol. The molecule has 0 unspecified atom stereocenters. The predicted octanol–water partition coefficient (Wildman–Crippen LogP) is 5.52. The highest BCUT2D eigenvalue weighted by molar-refractivity contribution is 9.11. The van der Waals surface area contributed by atoms with Crippen LogP contribution in [0.1, 0.15) is 22.3 Å². The van der Waals surface area contributed by atoms with Gasteiger partial charge in [-0.05, 0) is 76.2 Å². The molecule has 4 heteroatoms. The SMILES string of the molecule is Cc1cc(C)c(-c2c(O)c(Br)c(C)c(O)c2Br)c(C)c1. The zero-order valence-electron chi connectivity index (χ0n) is 11.8. The molecule has 2 aromatic carbocycles. The number of hydrogen-bond donors (Lipinski definition) is 2. The van der Waals surface area contributed by atoms with Gasteiger partial charge in [-0.15, -0.1) is 0 Å². The van der Waals surface area contributed by atoms with Gasteiger partial charge in [-0.25, -0.2) is 0 Å². The molecule has 0 aliphatic heterocycles. The summed E-state index contributed by atoms with van der Waals surface area (Å²) in [6.07, 6.45) is 0. The van der Waals surface area contributed by atoms with Gasteiger partial charge in [0.25, 0.3) is 0 Å². The molecule has 0 heterocycles. The van der Waals surface area contributed by atoms with Crippen LogP contribution < -0.4 is 0 Å². The molecular formula is C16H16Br2O2. The van der Waals surface area contributed by atoms with Crippen LogP contribution in [0.2, 0.25) is 0 Å². The number of phenols is 2. The molecular weight excluding hydrogens is 384 g/mol. The van der Waals surface area contributed by atoms with Gasteiger partial charge in [0.1, 0.15) is 11.5 Å². The van der Waals surface area contributed by atoms with E-state index >= 15 is 0 Å². The van der Waals surface area contributed by atoms with Gasteiger partial charge in [0, 0.05) is 11.1 Å². The molecule has 0 aliphatic carbocycles. The minimum Gasteiger partial charge on any atom is -0.506 e. The zero-order chi connectivity index (χ0) is 15.2. The van der Waals surface area contributed by atoms with Crippen LogP contribution in [0.25, 0.3) is 11.1 Å². The third-order valence-corrected chi connectivity index (χ3v) is 5.23. The summed E-state index contributed by atoms with van der Waals surface area (Å²) in [5.41, 5.74) is 5.48. The minimum atomic E-state index is 0.141. The summed E-state index contributed by atoms with van der Waals surface area (Å²) in [7, 11) is 0. The largest absolute Gasteiger partial charge is 0.506 e. The Hall–Kier alpha value is -1.000. The van der Waals surface area contributed by atoms with Crippen LogP contribution in [0.3, 0.4) is 0 Å². The first-order chi connectivity index (χ1) is 9.25. The first-order valence-electron chi connectivity index (χ1n) is 6.23. The summed E-state index contributed by atoms with van der Waals surface area (Å²) in [4.78, 5) is 0. The molecule has 0 fully saturated rings. The average molecular weight is 400 g/mol. The van der Waals surface area contributed by atoms with Crippen molar-refractivity contribution in [2.45, 2.75) is 27.7 Å². The van der Waals surface area contributed by atoms with E-state index in [9.17, 15) is 10.2 Å². The van der Waals surface area contributed by atoms with Crippen molar-refractivity contribution in [1.29, 1.82) is 0 Å². The lowest BCUT2D eigenvalue weighted by atomic mass is 9.92. The highest BCUT2D eigenvalue weighted by Gasteiger charge is 2.22. The molecule has 20 heavy (non-hydrogen) atoms. The van der Waals surface area contributed by atoms with Crippen molar-refractivity contribution in [2.75, 3.05) is 0 Å². The Kier molecular flexibility index (Phi) is 4.17. The lowest BCUT2D eigenvalue weighted by molar-refractivity contribution is 0.452. The Labute approximate surface area is 135 Å². The van der Waals surface area contributed by atoms with Crippen LogP contribution in [0.15, 0.2) is 21.1 Å². The Morgan fingerprint density at radius 2 is 1.25 bits per heavy atom. The maximum Gasteiger partial charge on any atom is 0.139 e. The van der Waals surface area contributed by atoms with Crippen molar-refractivity contribution < 1.29 is 10.2 Å². The van der Waals surface area contributed by atoms with Crippen molar-refractivity contribution in [3.05, 3.63) is 43.3 Å². The van der Waals surface area contributed by atoms with Gasteiger partial charge >= 0.3 is 0 Å². The van der Waals surface area contributed by atoms with E-state index in [1.54, 1.807) is 6.92 Å². The Bertz CT molecular complexity index is 654. The lowest BCUT2D eigenvalue weighted by Gasteiger charge is -2.18. The molecule has 2 rings (SSSR count). The standard InChI is InChI=1S/C16H16Br2O2/c1-7-5-8(2)11(9(3)6-7)12-14(18)15(19)10(4)13(17)16(12)20/h5-6,19-20H,1-4H3. The van der Waals surface area contributed by atoms with E-state index in [2.05, 4.69) is 44.0 Å². The van der Waals surface area contributed by atoms with E-state index in [1.165, 1.54) is 5.56 Å². The Morgan fingerprint density at radius 1 is 0.750 bits per heavy atom. The second-order valence-electron chi connectivity index (χ2n) is 5.10. The fourth-order valence-electron chi connectivity index (χ4n) is 2.58. The van der Waals surface area contributed by atoms with Gasteiger partial charge in [0.05, 0.1) is 8.95 Å². The number of benzene rings is 2. The van der Waals surface area contributed by atoms with Gasteiger partial charge in [0.2, 0.25) is 0 Å². The van der Waals surface area contributed by atoms with Crippen LogP contribution in [0, 0.1) is 27.7 Å². The minimum absolute atomic E-state index is 0.141. The summed E-state index contributed by atoms with van der Waals surface area (Å²) < 4.78 is 1.04. The van der Waals surface area contributed by atoms with E-state index in [1.807, 2.05) is 20.8 Å². The van der Waals surface area contributed by atoms with E-state index in [0.29, 0.717) is 20.1 Å². The smallest absolute Gasteiger partial charge is 0.139 e. The number of aromatic hydroxyl groups is 2. The van der Waals surface area contributed by atoms with Crippen LogP contribution in [-0.2, 0) is 0 Å². The second-order valence-corrected chi connectivity index (χ2v) is 6.68. The Balaban J connectivity index is 2.91. The number of phenolic OH excluding ortho intramolecular Hbond substituents is 2. The molecule has 106 valence electrons. The first kappa shape index (κ1) is 15.4. The van der Waals surface area contributed by atoms with Crippen molar-refractivity contribution in [2.24, 2.45) is 0 Å². The molecule has 0 saturated heterocycles. The number of halogens is 2. The summed E-state index contributed by atoms with van der Waals surface area (Å²) in [5.74, 6) is 0.284.